The van der Waals surface area contributed by atoms with Gasteiger partial charge in [0, 0.05) is 78.3 Å². The second kappa shape index (κ2) is 41.2. The molecule has 496 valence electrons. The number of anilines is 2. The van der Waals surface area contributed by atoms with Gasteiger partial charge in [-0.15, -0.1) is 0 Å². The molecule has 0 aliphatic rings. The molecule has 0 spiro atoms. The quantitative estimate of drug-likeness (QED) is 0.00734. The standard InChI is InChI=1S/C24H22N2O5S.C22H25NO5S.C16H20N2O2S.C5H6O4.BH2OP/c1-31-21-13-10-19(11-14-21)26-24(28)15-12-20(27)16-17-6-8-18(9-7-17)22-4-2-3-5-23(22)32(25,29)30;1-3-4-15-23-29(26,27)21-8-6-5-7-20(21)18-11-9-17(10-12-18)16-19(24)13-14-22(25)28-2;1-2-3-12-18-21(19,20)16-7-5-4-6-15(16)13-8-10-14(17)11-9-13;1-9-5(8)3-2-4(6)7;2-1-3/h2-15H,16H2,1H3,(H,26,28)(H2,25,29,30);5-14,23H,3-4,15-16H2,1-2H3;4-11,18H,2-3,12,17H2,1H3;2-3H,1H3,(H,6,7);3H2/b15-12-;14-13-;;3-2-;. The molecule has 1 amide bonds. The van der Waals surface area contributed by atoms with Crippen molar-refractivity contribution in [2.24, 2.45) is 5.14 Å². The molecule has 7 rings (SSSR count). The Morgan fingerprint density at radius 1 is 0.511 bits per heavy atom. The topological polar surface area (TPSA) is 358 Å². The van der Waals surface area contributed by atoms with E-state index in [1.807, 2.05) is 41.2 Å². The number of carbonyl (C=O) groups excluding carboxylic acids is 5. The molecule has 7 aromatic carbocycles. The number of hydrogen-bond donors (Lipinski definition) is 6. The van der Waals surface area contributed by atoms with Gasteiger partial charge in [-0.3, -0.25) is 14.4 Å². The molecule has 0 aromatic heterocycles. The Kier molecular flexibility index (Phi) is 34.6. The molecule has 0 radical (unpaired) electrons. The number of nitrogens with one attached hydrogen (secondary N) is 3. The summed E-state index contributed by atoms with van der Waals surface area (Å²) >= 11 is 0. The monoisotopic (exact) mass is 1360 g/mol. The summed E-state index contributed by atoms with van der Waals surface area (Å²) in [5, 5.41) is 15.9. The molecule has 0 aliphatic carbocycles. The molecule has 0 bridgehead atoms. The van der Waals surface area contributed by atoms with Crippen molar-refractivity contribution in [1.82, 2.24) is 9.44 Å². The van der Waals surface area contributed by atoms with Crippen molar-refractivity contribution in [3.8, 4) is 39.1 Å². The second-order valence-electron chi connectivity index (χ2n) is 19.6. The predicted molar refractivity (Wildman–Crippen MR) is 366 cm³/mol. The van der Waals surface area contributed by atoms with Gasteiger partial charge in [0.05, 0.1) is 36.0 Å². The molecular weight excluding hydrogens is 1280 g/mol. The van der Waals surface area contributed by atoms with Crippen LogP contribution in [0.5, 0.6) is 5.75 Å². The van der Waals surface area contributed by atoms with Crippen LogP contribution in [-0.2, 0) is 85.9 Å². The molecule has 8 N–H and O–H groups in total. The number of aliphatic carboxylic acids is 1. The number of primary sulfonamides is 1. The Morgan fingerprint density at radius 2 is 0.872 bits per heavy atom. The molecule has 0 aliphatic heterocycles. The van der Waals surface area contributed by atoms with Crippen molar-refractivity contribution < 1.29 is 78.0 Å². The number of esters is 2. The van der Waals surface area contributed by atoms with E-state index in [-0.39, 0.29) is 34.2 Å². The minimum absolute atomic E-state index is 0.0367. The fourth-order valence-electron chi connectivity index (χ4n) is 8.00. The van der Waals surface area contributed by atoms with Gasteiger partial charge in [-0.05, 0) is 107 Å². The van der Waals surface area contributed by atoms with Gasteiger partial charge in [-0.25, -0.2) is 54.2 Å². The van der Waals surface area contributed by atoms with E-state index < -0.39 is 53.9 Å². The van der Waals surface area contributed by atoms with Crippen molar-refractivity contribution in [2.45, 2.75) is 67.1 Å². The van der Waals surface area contributed by atoms with Crippen LogP contribution in [-0.4, -0.2) is 107 Å². The first-order valence-corrected chi connectivity index (χ1v) is 33.9. The normalized spacial score (nSPS) is 11.0. The van der Waals surface area contributed by atoms with Crippen LogP contribution in [0.1, 0.15) is 50.7 Å². The van der Waals surface area contributed by atoms with Crippen LogP contribution in [0.2, 0.25) is 0 Å². The van der Waals surface area contributed by atoms with Crippen LogP contribution in [0.4, 0.5) is 11.4 Å². The van der Waals surface area contributed by atoms with E-state index in [1.165, 1.54) is 38.5 Å². The van der Waals surface area contributed by atoms with Crippen LogP contribution in [0.3, 0.4) is 0 Å². The van der Waals surface area contributed by atoms with Gasteiger partial charge in [0.1, 0.15) is 5.75 Å². The Labute approximate surface area is 551 Å². The zero-order valence-corrected chi connectivity index (χ0v) is 55.9. The van der Waals surface area contributed by atoms with Crippen LogP contribution >= 0.6 is 9.12 Å². The van der Waals surface area contributed by atoms with Gasteiger partial charge in [-0.1, -0.05) is 142 Å². The first-order chi connectivity index (χ1) is 44.7. The number of nitrogens with two attached hydrogens (primary N) is 2. The summed E-state index contributed by atoms with van der Waals surface area (Å²) in [6.07, 6.45) is 9.91. The number of allylic oxidation sites excluding steroid dienone is 2. The third-order valence-corrected chi connectivity index (χ3v) is 16.7. The molecule has 0 fully saturated rings. The SMILES string of the molecule is CCCCNS(=O)(=O)c1ccccc1-c1ccc(CC(=O)/C=C\C(=O)OC)cc1.CCCCNS(=O)(=O)c1ccccc1-c1ccc(N)cc1.COC(=O)/C=C\C(=O)O.COc1ccc(NC(=O)/C=C\C(=O)Cc2ccc(-c3ccccc3S(N)(=O)=O)cc2)cc1.O=BP. The summed E-state index contributed by atoms with van der Waals surface area (Å²) in [5.74, 6) is -2.64. The number of ether oxygens (including phenoxy) is 3. The van der Waals surface area contributed by atoms with Gasteiger partial charge in [0.25, 0.3) is 0 Å². The average Bonchev–Trinajstić information content (AvgIpc) is 0.843. The number of amides is 1. The number of carbonyl (C=O) groups is 6. The summed E-state index contributed by atoms with van der Waals surface area (Å²) in [6, 6.07) is 48.3. The number of sulfonamides is 3. The Hall–Kier alpha value is -9.40. The average molecular weight is 1360 g/mol. The summed E-state index contributed by atoms with van der Waals surface area (Å²) < 4.78 is 101. The Morgan fingerprint density at radius 3 is 1.24 bits per heavy atom. The maximum absolute atomic E-state index is 12.7. The molecule has 1 atom stereocenters. The number of carboxylic acid groups (broad SMARTS) is 1. The summed E-state index contributed by atoms with van der Waals surface area (Å²) in [4.78, 5) is 67.6. The Balaban J connectivity index is 0.000000343. The molecule has 0 heterocycles. The first kappa shape index (κ1) is 78.8. The van der Waals surface area contributed by atoms with Crippen molar-refractivity contribution in [3.63, 3.8) is 0 Å². The Bertz CT molecular complexity index is 4100. The number of unbranched alkanes of at least 4 members (excludes halogenated alkanes) is 2. The molecule has 7 aromatic rings. The number of ketones is 2. The summed E-state index contributed by atoms with van der Waals surface area (Å²) in [5.41, 5.74) is 12.4. The zero-order valence-electron chi connectivity index (χ0n) is 52.3. The van der Waals surface area contributed by atoms with Gasteiger partial charge in [0.2, 0.25) is 36.0 Å². The van der Waals surface area contributed by atoms with Crippen LogP contribution in [0, 0.1) is 0 Å². The third kappa shape index (κ3) is 28.6. The second-order valence-corrected chi connectivity index (χ2v) is 24.8. The summed E-state index contributed by atoms with van der Waals surface area (Å²) in [7, 11) is -5.11. The van der Waals surface area contributed by atoms with E-state index in [2.05, 4.69) is 24.2 Å². The third-order valence-electron chi connectivity index (χ3n) is 12.6. The van der Waals surface area contributed by atoms with E-state index in [0.29, 0.717) is 70.3 Å². The van der Waals surface area contributed by atoms with Crippen molar-refractivity contribution in [3.05, 3.63) is 217 Å². The number of methoxy groups -OCH3 is 3. The minimum atomic E-state index is -3.86. The van der Waals surface area contributed by atoms with Crippen molar-refractivity contribution >= 4 is 92.8 Å². The van der Waals surface area contributed by atoms with Crippen molar-refractivity contribution in [2.75, 3.05) is 45.5 Å². The number of nitrogen functional groups attached to an aromatic ring is 1. The van der Waals surface area contributed by atoms with Gasteiger partial charge >= 0.3 is 38.6 Å². The first-order valence-electron chi connectivity index (χ1n) is 28.7. The number of rotatable bonds is 26. The molecule has 0 saturated heterocycles. The molecule has 22 nitrogen and oxygen atoms in total. The van der Waals surface area contributed by atoms with E-state index in [4.69, 9.17) is 25.4 Å². The van der Waals surface area contributed by atoms with E-state index in [0.717, 1.165) is 60.1 Å². The molecule has 0 saturated carbocycles. The molecular formula is C67H75BN5O17PS3. The van der Waals surface area contributed by atoms with Gasteiger partial charge in [0.15, 0.2) is 11.6 Å². The van der Waals surface area contributed by atoms with E-state index >= 15 is 0 Å². The van der Waals surface area contributed by atoms with Crippen LogP contribution < -0.4 is 30.4 Å². The van der Waals surface area contributed by atoms with E-state index in [9.17, 15) is 54.0 Å². The number of benzene rings is 7. The van der Waals surface area contributed by atoms with Gasteiger partial charge < -0.3 is 30.4 Å². The fourth-order valence-corrected chi connectivity index (χ4v) is 11.4. The van der Waals surface area contributed by atoms with Crippen LogP contribution in [0.15, 0.2) is 221 Å². The van der Waals surface area contributed by atoms with E-state index in [1.54, 1.807) is 153 Å². The zero-order chi connectivity index (χ0) is 69.7. The fraction of sp³-hybridized carbons (Fsp3) is 0.194. The predicted octanol–water partition coefficient (Wildman–Crippen LogP) is 9.23. The van der Waals surface area contributed by atoms with Crippen molar-refractivity contribution in [1.29, 1.82) is 0 Å². The molecule has 94 heavy (non-hydrogen) atoms. The van der Waals surface area contributed by atoms with Gasteiger partial charge in [-0.2, -0.15) is 0 Å². The number of carboxylic acids is 1. The summed E-state index contributed by atoms with van der Waals surface area (Å²) in [6.45, 7) is 5.54. The maximum atomic E-state index is 12.7. The van der Waals surface area contributed by atoms with Crippen LogP contribution in [0.25, 0.3) is 33.4 Å². The number of hydrogen-bond acceptors (Lipinski definition) is 17. The molecule has 1 unspecified atom stereocenters. The molecule has 27 heteroatoms.